The number of carbonyl (C=O) groups is 2. The van der Waals surface area contributed by atoms with Crippen LogP contribution in [0.4, 0.5) is 10.5 Å². The number of hydrogen-bond donors (Lipinski definition) is 2. The van der Waals surface area contributed by atoms with E-state index in [2.05, 4.69) is 30.3 Å². The Kier molecular flexibility index (Phi) is 7.05. The number of carbonyl (C=O) groups excluding carboxylic acids is 2. The van der Waals surface area contributed by atoms with E-state index in [0.29, 0.717) is 46.2 Å². The Morgan fingerprint density at radius 3 is 2.62 bits per heavy atom. The molecule has 5 aromatic rings. The number of nitrogens with one attached hydrogen (secondary N) is 2. The monoisotopic (exact) mass is 585 g/mol. The van der Waals surface area contributed by atoms with Crippen LogP contribution in [0.25, 0.3) is 28.1 Å². The highest BCUT2D eigenvalue weighted by atomic mass is 35.5. The van der Waals surface area contributed by atoms with Gasteiger partial charge in [-0.3, -0.25) is 10.1 Å². The summed E-state index contributed by atoms with van der Waals surface area (Å²) in [6.07, 6.45) is 4.02. The first kappa shape index (κ1) is 27.0. The fourth-order valence-corrected chi connectivity index (χ4v) is 5.26. The van der Waals surface area contributed by atoms with Crippen LogP contribution in [0.15, 0.2) is 71.8 Å². The number of aromatic nitrogens is 6. The summed E-state index contributed by atoms with van der Waals surface area (Å²) in [5.41, 5.74) is 4.94. The first-order chi connectivity index (χ1) is 20.3. The number of halogens is 1. The van der Waals surface area contributed by atoms with Crippen molar-refractivity contribution < 1.29 is 19.1 Å². The molecule has 0 saturated carbocycles. The number of ether oxygens (including phenoxy) is 2. The molecule has 6 rings (SSSR count). The molecule has 1 aliphatic rings. The molecule has 1 atom stereocenters. The maximum atomic E-state index is 13.5. The van der Waals surface area contributed by atoms with E-state index in [9.17, 15) is 14.4 Å². The number of rotatable bonds is 6. The van der Waals surface area contributed by atoms with E-state index in [1.165, 1.54) is 25.1 Å². The topological polar surface area (TPSA) is 146 Å². The number of fused-ring (bicyclic) bond motifs is 1. The molecule has 0 radical (unpaired) electrons. The zero-order valence-electron chi connectivity index (χ0n) is 22.5. The smallest absolute Gasteiger partial charge is 0.411 e. The molecule has 12 nitrogen and oxygen atoms in total. The lowest BCUT2D eigenvalue weighted by atomic mass is 10.0. The average Bonchev–Trinajstić information content (AvgIpc) is 3.77. The quantitative estimate of drug-likeness (QED) is 0.274. The van der Waals surface area contributed by atoms with Gasteiger partial charge >= 0.3 is 12.1 Å². The second kappa shape index (κ2) is 11.0. The summed E-state index contributed by atoms with van der Waals surface area (Å²) < 4.78 is 12.6. The van der Waals surface area contributed by atoms with Crippen LogP contribution in [0.5, 0.6) is 0 Å². The van der Waals surface area contributed by atoms with Crippen LogP contribution in [0.1, 0.15) is 34.5 Å². The minimum absolute atomic E-state index is 0.0573. The minimum atomic E-state index is -0.604. The van der Waals surface area contributed by atoms with Crippen molar-refractivity contribution in [1.82, 2.24) is 29.5 Å². The van der Waals surface area contributed by atoms with Crippen molar-refractivity contribution in [2.75, 3.05) is 19.5 Å². The number of amides is 1. The molecule has 0 spiro atoms. The molecule has 1 aliphatic heterocycles. The zero-order chi connectivity index (χ0) is 29.4. The Balaban J connectivity index is 1.30. The van der Waals surface area contributed by atoms with Crippen molar-refractivity contribution in [1.29, 1.82) is 0 Å². The van der Waals surface area contributed by atoms with Gasteiger partial charge in [-0.25, -0.2) is 19.3 Å². The Labute approximate surface area is 243 Å². The molecule has 0 fully saturated rings. The first-order valence-corrected chi connectivity index (χ1v) is 13.3. The van der Waals surface area contributed by atoms with Crippen molar-refractivity contribution in [3.05, 3.63) is 99.6 Å². The van der Waals surface area contributed by atoms with E-state index in [4.69, 9.17) is 16.3 Å². The van der Waals surface area contributed by atoms with Gasteiger partial charge in [0.2, 0.25) is 0 Å². The lowest BCUT2D eigenvalue weighted by molar-refractivity contribution is 0.0594. The molecule has 0 saturated heterocycles. The zero-order valence-corrected chi connectivity index (χ0v) is 23.3. The summed E-state index contributed by atoms with van der Waals surface area (Å²) in [5, 5.41) is 11.1. The number of nitrogens with zero attached hydrogens (tertiary/aromatic N) is 5. The van der Waals surface area contributed by atoms with Gasteiger partial charge in [-0.05, 0) is 60.4 Å². The van der Waals surface area contributed by atoms with Gasteiger partial charge in [-0.2, -0.15) is 0 Å². The molecule has 2 N–H and O–H groups in total. The highest BCUT2D eigenvalue weighted by molar-refractivity contribution is 6.31. The van der Waals surface area contributed by atoms with Gasteiger partial charge in [0.05, 0.1) is 44.0 Å². The SMILES string of the molecule is COC(=O)Nc1ccc(-c2cnc([C@@H]3CCc4cc(-c5cc(Cl)ccc5-n5cc(C(=O)OC)nn5)cc(=O)n43)[nH]2)cc1. The number of anilines is 1. The summed E-state index contributed by atoms with van der Waals surface area (Å²) in [6, 6.07) is 15.7. The molecule has 0 aliphatic carbocycles. The Morgan fingerprint density at radius 2 is 1.86 bits per heavy atom. The largest absolute Gasteiger partial charge is 0.464 e. The lowest BCUT2D eigenvalue weighted by Gasteiger charge is -2.15. The Morgan fingerprint density at radius 1 is 1.05 bits per heavy atom. The second-order valence-electron chi connectivity index (χ2n) is 9.58. The van der Waals surface area contributed by atoms with Crippen molar-refractivity contribution in [3.8, 4) is 28.1 Å². The lowest BCUT2D eigenvalue weighted by Crippen LogP contribution is -2.23. The summed E-state index contributed by atoms with van der Waals surface area (Å²) in [5.74, 6) is 0.0732. The second-order valence-corrected chi connectivity index (χ2v) is 10.0. The van der Waals surface area contributed by atoms with Crippen LogP contribution in [-0.2, 0) is 15.9 Å². The maximum absolute atomic E-state index is 13.5. The summed E-state index contributed by atoms with van der Waals surface area (Å²) >= 11 is 6.34. The van der Waals surface area contributed by atoms with Crippen molar-refractivity contribution in [2.24, 2.45) is 0 Å². The van der Waals surface area contributed by atoms with E-state index in [1.807, 2.05) is 18.2 Å². The number of methoxy groups -OCH3 is 2. The molecule has 2 aromatic carbocycles. The first-order valence-electron chi connectivity index (χ1n) is 12.9. The molecule has 1 amide bonds. The van der Waals surface area contributed by atoms with Crippen LogP contribution in [0.2, 0.25) is 5.02 Å². The fraction of sp³-hybridized carbons (Fsp3) is 0.172. The molecule has 3 aromatic heterocycles. The van der Waals surface area contributed by atoms with Gasteiger partial charge in [0.25, 0.3) is 5.56 Å². The summed E-state index contributed by atoms with van der Waals surface area (Å²) in [4.78, 5) is 44.8. The van der Waals surface area contributed by atoms with Crippen LogP contribution in [-0.4, -0.2) is 55.8 Å². The number of benzene rings is 2. The molecular weight excluding hydrogens is 562 g/mol. The van der Waals surface area contributed by atoms with Crippen molar-refractivity contribution >= 4 is 29.4 Å². The van der Waals surface area contributed by atoms with Crippen LogP contribution in [0, 0.1) is 0 Å². The van der Waals surface area contributed by atoms with E-state index in [1.54, 1.807) is 47.2 Å². The van der Waals surface area contributed by atoms with Gasteiger partial charge in [0.1, 0.15) is 5.82 Å². The number of hydrogen-bond acceptors (Lipinski definition) is 8. The normalized spacial score (nSPS) is 13.9. The van der Waals surface area contributed by atoms with Gasteiger partial charge < -0.3 is 19.0 Å². The molecule has 212 valence electrons. The van der Waals surface area contributed by atoms with Crippen LogP contribution >= 0.6 is 11.6 Å². The van der Waals surface area contributed by atoms with E-state index in [-0.39, 0.29) is 17.3 Å². The number of pyridine rings is 1. The molecule has 13 heteroatoms. The highest BCUT2D eigenvalue weighted by Gasteiger charge is 2.28. The third-order valence-corrected chi connectivity index (χ3v) is 7.31. The van der Waals surface area contributed by atoms with Gasteiger partial charge in [0.15, 0.2) is 5.69 Å². The molecule has 4 heterocycles. The van der Waals surface area contributed by atoms with Gasteiger partial charge in [-0.15, -0.1) is 5.10 Å². The number of esters is 1. The third kappa shape index (κ3) is 5.03. The van der Waals surface area contributed by atoms with Crippen LogP contribution in [0.3, 0.4) is 0 Å². The Bertz CT molecular complexity index is 1880. The summed E-state index contributed by atoms with van der Waals surface area (Å²) in [6.45, 7) is 0. The van der Waals surface area contributed by atoms with Gasteiger partial charge in [-0.1, -0.05) is 28.9 Å². The number of aromatic amines is 1. The predicted molar refractivity (Wildman–Crippen MR) is 154 cm³/mol. The standard InChI is InChI=1S/C29H24ClN7O5/c1-41-28(39)23-15-36(35-34-23)24-9-5-18(30)13-21(24)17-11-20-8-10-25(37(20)26(38)12-17)27-31-14-22(33-27)16-3-6-19(7-4-16)32-29(40)42-2/h3-7,9,11-15,25H,8,10H2,1-2H3,(H,31,33)(H,32,40)/t25-/m0/s1. The molecule has 0 unspecified atom stereocenters. The molecule has 0 bridgehead atoms. The average molecular weight is 586 g/mol. The molecular formula is C29H24ClN7O5. The highest BCUT2D eigenvalue weighted by Crippen LogP contribution is 2.34. The van der Waals surface area contributed by atoms with Crippen molar-refractivity contribution in [2.45, 2.75) is 18.9 Å². The fourth-order valence-electron chi connectivity index (χ4n) is 5.08. The van der Waals surface area contributed by atoms with Gasteiger partial charge in [0, 0.05) is 28.0 Å². The number of aryl methyl sites for hydroxylation is 1. The third-order valence-electron chi connectivity index (χ3n) is 7.08. The number of H-pyrrole nitrogens is 1. The Hall–Kier alpha value is -5.23. The van der Waals surface area contributed by atoms with E-state index >= 15 is 0 Å². The maximum Gasteiger partial charge on any atom is 0.411 e. The minimum Gasteiger partial charge on any atom is -0.464 e. The van der Waals surface area contributed by atoms with Crippen LogP contribution < -0.4 is 10.9 Å². The van der Waals surface area contributed by atoms with E-state index < -0.39 is 12.1 Å². The molecule has 42 heavy (non-hydrogen) atoms. The summed E-state index contributed by atoms with van der Waals surface area (Å²) in [7, 11) is 2.58. The van der Waals surface area contributed by atoms with Crippen molar-refractivity contribution in [3.63, 3.8) is 0 Å². The number of imidazole rings is 1. The van der Waals surface area contributed by atoms with E-state index in [0.717, 1.165) is 17.0 Å². The predicted octanol–water partition coefficient (Wildman–Crippen LogP) is 4.64.